The first-order valence-corrected chi connectivity index (χ1v) is 6.41. The Morgan fingerprint density at radius 3 is 3.00 bits per heavy atom. The monoisotopic (exact) mass is 252 g/mol. The van der Waals surface area contributed by atoms with Gasteiger partial charge in [0.2, 0.25) is 0 Å². The average molecular weight is 252 g/mol. The van der Waals surface area contributed by atoms with Gasteiger partial charge >= 0.3 is 0 Å². The van der Waals surface area contributed by atoms with E-state index < -0.39 is 0 Å². The molecule has 1 aromatic carbocycles. The van der Waals surface area contributed by atoms with Crippen molar-refractivity contribution < 1.29 is 4.39 Å². The van der Waals surface area contributed by atoms with Crippen LogP contribution in [0.4, 0.5) is 10.1 Å². The highest BCUT2D eigenvalue weighted by molar-refractivity contribution is 7.80. The minimum absolute atomic E-state index is 0.246. The molecular formula is C13H17FN2S. The van der Waals surface area contributed by atoms with Crippen LogP contribution in [-0.2, 0) is 0 Å². The Morgan fingerprint density at radius 2 is 2.29 bits per heavy atom. The summed E-state index contributed by atoms with van der Waals surface area (Å²) in [4.78, 5) is 2.18. The Balaban J connectivity index is 2.01. The first-order chi connectivity index (χ1) is 8.16. The molecule has 1 aromatic rings. The molecule has 1 saturated heterocycles. The largest absolute Gasteiger partial charge is 0.346 e. The number of likely N-dealkylation sites (tertiary alicyclic amines) is 1. The first-order valence-electron chi connectivity index (χ1n) is 6.00. The van der Waals surface area contributed by atoms with E-state index in [2.05, 4.69) is 17.1 Å². The number of hydrogen-bond acceptors (Lipinski definition) is 1. The Labute approximate surface area is 107 Å². The van der Waals surface area contributed by atoms with Crippen molar-refractivity contribution >= 4 is 23.0 Å². The third-order valence-electron chi connectivity index (χ3n) is 3.14. The lowest BCUT2D eigenvalue weighted by atomic mass is 10.0. The zero-order valence-electron chi connectivity index (χ0n) is 9.95. The molecule has 0 unspecified atom stereocenters. The maximum Gasteiger partial charge on any atom is 0.173 e. The Kier molecular flexibility index (Phi) is 3.94. The zero-order chi connectivity index (χ0) is 12.3. The van der Waals surface area contributed by atoms with Gasteiger partial charge in [-0.2, -0.15) is 0 Å². The number of nitrogens with one attached hydrogen (secondary N) is 1. The zero-order valence-corrected chi connectivity index (χ0v) is 10.8. The second-order valence-corrected chi connectivity index (χ2v) is 4.87. The number of piperidine rings is 1. The molecule has 1 N–H and O–H groups in total. The second-order valence-electron chi connectivity index (χ2n) is 4.48. The van der Waals surface area contributed by atoms with Crippen LogP contribution in [0.25, 0.3) is 0 Å². The minimum Gasteiger partial charge on any atom is -0.346 e. The third kappa shape index (κ3) is 3.16. The van der Waals surface area contributed by atoms with E-state index in [1.807, 2.05) is 6.07 Å². The molecule has 1 fully saturated rings. The second kappa shape index (κ2) is 5.45. The van der Waals surface area contributed by atoms with Gasteiger partial charge in [0.15, 0.2) is 5.11 Å². The van der Waals surface area contributed by atoms with E-state index in [0.717, 1.165) is 6.54 Å². The smallest absolute Gasteiger partial charge is 0.173 e. The summed E-state index contributed by atoms with van der Waals surface area (Å²) in [5.41, 5.74) is 0.716. The van der Waals surface area contributed by atoms with Crippen LogP contribution in [0.15, 0.2) is 24.3 Å². The van der Waals surface area contributed by atoms with Crippen LogP contribution < -0.4 is 5.32 Å². The lowest BCUT2D eigenvalue weighted by molar-refractivity contribution is 0.262. The van der Waals surface area contributed by atoms with Gasteiger partial charge in [-0.05, 0) is 56.6 Å². The molecule has 0 aliphatic carbocycles. The number of nitrogens with zero attached hydrogens (tertiary/aromatic N) is 1. The molecular weight excluding hydrogens is 235 g/mol. The van der Waals surface area contributed by atoms with Crippen molar-refractivity contribution in [2.75, 3.05) is 11.9 Å². The molecule has 1 atom stereocenters. The van der Waals surface area contributed by atoms with Crippen molar-refractivity contribution in [3.05, 3.63) is 30.1 Å². The molecule has 0 saturated carbocycles. The number of thiocarbonyl (C=S) groups is 1. The van der Waals surface area contributed by atoms with Crippen LogP contribution in [-0.4, -0.2) is 22.6 Å². The maximum atomic E-state index is 13.0. The molecule has 1 aliphatic rings. The summed E-state index contributed by atoms with van der Waals surface area (Å²) in [5, 5.41) is 3.80. The van der Waals surface area contributed by atoms with Gasteiger partial charge in [-0.3, -0.25) is 0 Å². The van der Waals surface area contributed by atoms with Crippen LogP contribution in [0.2, 0.25) is 0 Å². The topological polar surface area (TPSA) is 15.3 Å². The molecule has 0 amide bonds. The van der Waals surface area contributed by atoms with Crippen molar-refractivity contribution in [2.24, 2.45) is 0 Å². The molecule has 0 spiro atoms. The van der Waals surface area contributed by atoms with Crippen molar-refractivity contribution in [3.8, 4) is 0 Å². The van der Waals surface area contributed by atoms with Gasteiger partial charge in [-0.25, -0.2) is 4.39 Å². The molecule has 1 heterocycles. The highest BCUT2D eigenvalue weighted by Crippen LogP contribution is 2.18. The highest BCUT2D eigenvalue weighted by Gasteiger charge is 2.20. The van der Waals surface area contributed by atoms with Crippen LogP contribution in [0.1, 0.15) is 26.2 Å². The third-order valence-corrected chi connectivity index (χ3v) is 3.48. The van der Waals surface area contributed by atoms with Crippen LogP contribution in [0.5, 0.6) is 0 Å². The lowest BCUT2D eigenvalue weighted by Gasteiger charge is -2.35. The fraction of sp³-hybridized carbons (Fsp3) is 0.462. The van der Waals surface area contributed by atoms with Crippen molar-refractivity contribution in [3.63, 3.8) is 0 Å². The summed E-state index contributed by atoms with van der Waals surface area (Å²) in [7, 11) is 0. The van der Waals surface area contributed by atoms with Crippen LogP contribution >= 0.6 is 12.2 Å². The summed E-state index contributed by atoms with van der Waals surface area (Å²) in [6.07, 6.45) is 3.61. The van der Waals surface area contributed by atoms with Gasteiger partial charge in [0, 0.05) is 18.3 Å². The van der Waals surface area contributed by atoms with E-state index in [1.165, 1.54) is 31.4 Å². The molecule has 0 aromatic heterocycles. The summed E-state index contributed by atoms with van der Waals surface area (Å²) < 4.78 is 13.0. The van der Waals surface area contributed by atoms with Crippen molar-refractivity contribution in [1.29, 1.82) is 0 Å². The Morgan fingerprint density at radius 1 is 1.47 bits per heavy atom. The molecule has 92 valence electrons. The molecule has 4 heteroatoms. The summed E-state index contributed by atoms with van der Waals surface area (Å²) in [6, 6.07) is 6.86. The summed E-state index contributed by atoms with van der Waals surface area (Å²) >= 11 is 5.37. The summed E-state index contributed by atoms with van der Waals surface area (Å²) in [6.45, 7) is 3.17. The quantitative estimate of drug-likeness (QED) is 0.771. The first kappa shape index (κ1) is 12.3. The van der Waals surface area contributed by atoms with Gasteiger partial charge in [0.1, 0.15) is 5.82 Å². The number of hydrogen-bond donors (Lipinski definition) is 1. The van der Waals surface area contributed by atoms with Crippen molar-refractivity contribution in [1.82, 2.24) is 4.90 Å². The number of anilines is 1. The Bertz CT molecular complexity index is 408. The van der Waals surface area contributed by atoms with Crippen LogP contribution in [0.3, 0.4) is 0 Å². The molecule has 0 radical (unpaired) electrons. The molecule has 2 rings (SSSR count). The van der Waals surface area contributed by atoms with Gasteiger partial charge in [0.05, 0.1) is 0 Å². The fourth-order valence-corrected chi connectivity index (χ4v) is 2.55. The predicted molar refractivity (Wildman–Crippen MR) is 72.6 cm³/mol. The molecule has 2 nitrogen and oxygen atoms in total. The number of benzene rings is 1. The van der Waals surface area contributed by atoms with E-state index in [9.17, 15) is 4.39 Å². The van der Waals surface area contributed by atoms with Gasteiger partial charge in [-0.1, -0.05) is 6.07 Å². The van der Waals surface area contributed by atoms with Gasteiger partial charge in [0.25, 0.3) is 0 Å². The van der Waals surface area contributed by atoms with E-state index in [-0.39, 0.29) is 5.82 Å². The van der Waals surface area contributed by atoms with E-state index in [1.54, 1.807) is 6.07 Å². The average Bonchev–Trinajstić information content (AvgIpc) is 2.29. The van der Waals surface area contributed by atoms with E-state index in [0.29, 0.717) is 16.8 Å². The lowest BCUT2D eigenvalue weighted by Crippen LogP contribution is -2.44. The highest BCUT2D eigenvalue weighted by atomic mass is 32.1. The fourth-order valence-electron chi connectivity index (χ4n) is 2.16. The molecule has 1 aliphatic heterocycles. The van der Waals surface area contributed by atoms with Crippen molar-refractivity contribution in [2.45, 2.75) is 32.2 Å². The van der Waals surface area contributed by atoms with E-state index >= 15 is 0 Å². The van der Waals surface area contributed by atoms with E-state index in [4.69, 9.17) is 12.2 Å². The Hall–Kier alpha value is -1.16. The number of halogens is 1. The maximum absolute atomic E-state index is 13.0. The normalized spacial score (nSPS) is 20.1. The van der Waals surface area contributed by atoms with Gasteiger partial charge < -0.3 is 10.2 Å². The SMILES string of the molecule is C[C@@H]1CCCCN1C(=S)Nc1cccc(F)c1. The molecule has 17 heavy (non-hydrogen) atoms. The standard InChI is InChI=1S/C13H17FN2S/c1-10-5-2-3-8-16(10)13(17)15-12-7-4-6-11(14)9-12/h4,6-7,9-10H,2-3,5,8H2,1H3,(H,15,17)/t10-/m1/s1. The van der Waals surface area contributed by atoms with Crippen LogP contribution in [0, 0.1) is 5.82 Å². The number of rotatable bonds is 1. The molecule has 0 bridgehead atoms. The summed E-state index contributed by atoms with van der Waals surface area (Å²) in [5.74, 6) is -0.246. The van der Waals surface area contributed by atoms with Gasteiger partial charge in [-0.15, -0.1) is 0 Å². The minimum atomic E-state index is -0.246. The predicted octanol–water partition coefficient (Wildman–Crippen LogP) is 3.40.